The maximum Gasteiger partial charge on any atom is 0.0462 e. The molecule has 0 saturated heterocycles. The van der Waals surface area contributed by atoms with Crippen LogP contribution in [-0.2, 0) is 10.8 Å². The number of hydrogen-bond acceptors (Lipinski definition) is 2. The summed E-state index contributed by atoms with van der Waals surface area (Å²) >= 11 is 0. The van der Waals surface area contributed by atoms with Crippen LogP contribution in [0.1, 0.15) is 84.9 Å². The van der Waals surface area contributed by atoms with Crippen molar-refractivity contribution in [1.29, 1.82) is 0 Å². The fourth-order valence-electron chi connectivity index (χ4n) is 5.99. The average Bonchev–Trinajstić information content (AvgIpc) is 3.17. The van der Waals surface area contributed by atoms with Gasteiger partial charge in [0.15, 0.2) is 0 Å². The van der Waals surface area contributed by atoms with Crippen molar-refractivity contribution in [2.45, 2.75) is 86.0 Å². The molecule has 1 N–H and O–H groups in total. The number of anilines is 5. The number of hydrogen-bond donors (Lipinski definition) is 1. The molecule has 0 saturated carbocycles. The van der Waals surface area contributed by atoms with Gasteiger partial charge in [0.25, 0.3) is 0 Å². The van der Waals surface area contributed by atoms with E-state index in [4.69, 9.17) is 0 Å². The van der Waals surface area contributed by atoms with Crippen LogP contribution in [0.3, 0.4) is 0 Å². The topological polar surface area (TPSA) is 15.3 Å². The van der Waals surface area contributed by atoms with Crippen LogP contribution in [0.4, 0.5) is 28.4 Å². The van der Waals surface area contributed by atoms with Crippen LogP contribution in [0.2, 0.25) is 0 Å². The van der Waals surface area contributed by atoms with Crippen LogP contribution in [-0.4, -0.2) is 0 Å². The minimum atomic E-state index is 0.129. The normalized spacial score (nSPS) is 11.0. The molecule has 0 amide bonds. The summed E-state index contributed by atoms with van der Waals surface area (Å²) < 4.78 is 0. The zero-order valence-corrected chi connectivity index (χ0v) is 32.4. The summed E-state index contributed by atoms with van der Waals surface area (Å²) in [5.74, 6) is 0. The second kappa shape index (κ2) is 18.2. The van der Waals surface area contributed by atoms with Gasteiger partial charge in [0, 0.05) is 28.4 Å². The highest BCUT2D eigenvalue weighted by atomic mass is 15.1. The van der Waals surface area contributed by atoms with E-state index in [-0.39, 0.29) is 5.41 Å². The van der Waals surface area contributed by atoms with Crippen molar-refractivity contribution in [2.75, 3.05) is 10.2 Å². The molecule has 0 radical (unpaired) electrons. The number of nitrogens with zero attached hydrogens (tertiary/aromatic N) is 1. The standard InChI is InChI=1S/C34H32N2.C13H20.C2H6/c1-34(2,3)28-18-24-33(25-19-28)36(31-12-8-5-9-13-31)32-22-16-27(17-23-32)26-14-20-30(21-15-26)35-29-10-6-4-7-11-29;1-5-13(4,6-2)12-9-7-11(3)8-10-12;1-2/h4-25,35H,1-3H3;7-10H,5-6H2,1-4H3;1-2H3. The molecule has 0 aliphatic heterocycles. The number of aryl methyl sites for hydroxylation is 1. The first-order valence-electron chi connectivity index (χ1n) is 18.6. The summed E-state index contributed by atoms with van der Waals surface area (Å²) in [4.78, 5) is 2.31. The molecule has 0 aliphatic carbocycles. The third-order valence-corrected chi connectivity index (χ3v) is 9.72. The predicted molar refractivity (Wildman–Crippen MR) is 225 cm³/mol. The van der Waals surface area contributed by atoms with Crippen molar-refractivity contribution in [1.82, 2.24) is 0 Å². The van der Waals surface area contributed by atoms with Gasteiger partial charge < -0.3 is 10.2 Å². The Labute approximate surface area is 309 Å². The average molecular weight is 675 g/mol. The van der Waals surface area contributed by atoms with Gasteiger partial charge in [0.1, 0.15) is 0 Å². The zero-order valence-electron chi connectivity index (χ0n) is 32.4. The number of nitrogens with one attached hydrogen (secondary N) is 1. The van der Waals surface area contributed by atoms with Crippen molar-refractivity contribution in [3.05, 3.63) is 174 Å². The highest BCUT2D eigenvalue weighted by Crippen LogP contribution is 2.37. The molecule has 2 nitrogen and oxygen atoms in total. The molecule has 6 aromatic carbocycles. The molecule has 0 aliphatic rings. The van der Waals surface area contributed by atoms with E-state index in [0.717, 1.165) is 28.4 Å². The van der Waals surface area contributed by atoms with Gasteiger partial charge in [0.2, 0.25) is 0 Å². The van der Waals surface area contributed by atoms with Crippen LogP contribution >= 0.6 is 0 Å². The van der Waals surface area contributed by atoms with Gasteiger partial charge in [-0.2, -0.15) is 0 Å². The van der Waals surface area contributed by atoms with Crippen LogP contribution in [0.15, 0.2) is 158 Å². The van der Waals surface area contributed by atoms with Crippen LogP contribution < -0.4 is 10.2 Å². The lowest BCUT2D eigenvalue weighted by molar-refractivity contribution is 0.439. The summed E-state index contributed by atoms with van der Waals surface area (Å²) in [6, 6.07) is 56.1. The van der Waals surface area contributed by atoms with E-state index < -0.39 is 0 Å². The van der Waals surface area contributed by atoms with E-state index in [1.54, 1.807) is 0 Å². The Morgan fingerprint density at radius 3 is 1.31 bits per heavy atom. The fraction of sp³-hybridized carbons (Fsp3) is 0.265. The Balaban J connectivity index is 0.000000327. The van der Waals surface area contributed by atoms with E-state index in [1.165, 1.54) is 40.7 Å². The highest BCUT2D eigenvalue weighted by Gasteiger charge is 2.21. The maximum atomic E-state index is 3.45. The first-order chi connectivity index (χ1) is 24.6. The maximum absolute atomic E-state index is 3.45. The van der Waals surface area contributed by atoms with E-state index in [0.29, 0.717) is 5.41 Å². The summed E-state index contributed by atoms with van der Waals surface area (Å²) in [5, 5.41) is 3.45. The first kappa shape index (κ1) is 38.7. The van der Waals surface area contributed by atoms with E-state index in [9.17, 15) is 0 Å². The van der Waals surface area contributed by atoms with Crippen molar-refractivity contribution in [2.24, 2.45) is 0 Å². The van der Waals surface area contributed by atoms with Gasteiger partial charge in [-0.1, -0.05) is 158 Å². The second-order valence-corrected chi connectivity index (χ2v) is 14.2. The molecular weight excluding hydrogens is 617 g/mol. The molecule has 0 fully saturated rings. The summed E-state index contributed by atoms with van der Waals surface area (Å²) in [5.41, 5.74) is 12.6. The molecule has 0 heterocycles. The van der Waals surface area contributed by atoms with Gasteiger partial charge in [-0.25, -0.2) is 0 Å². The SMILES string of the molecule is CC.CC(C)(C)c1ccc(N(c2ccccc2)c2ccc(-c3ccc(Nc4ccccc4)cc3)cc2)cc1.CCC(C)(CC)c1ccc(C)cc1. The zero-order chi connectivity index (χ0) is 36.9. The predicted octanol–water partition coefficient (Wildman–Crippen LogP) is 15.0. The van der Waals surface area contributed by atoms with Crippen molar-refractivity contribution >= 4 is 28.4 Å². The molecule has 264 valence electrons. The van der Waals surface area contributed by atoms with E-state index >= 15 is 0 Å². The number of rotatable bonds is 9. The smallest absolute Gasteiger partial charge is 0.0462 e. The molecule has 51 heavy (non-hydrogen) atoms. The molecule has 6 aromatic rings. The molecule has 0 bridgehead atoms. The molecule has 0 spiro atoms. The van der Waals surface area contributed by atoms with Gasteiger partial charge in [-0.05, 0) is 114 Å². The Hall–Kier alpha value is -5.08. The molecule has 0 unspecified atom stereocenters. The van der Waals surface area contributed by atoms with Crippen LogP contribution in [0.25, 0.3) is 11.1 Å². The van der Waals surface area contributed by atoms with Crippen molar-refractivity contribution < 1.29 is 0 Å². The lowest BCUT2D eigenvalue weighted by atomic mass is 9.78. The number of benzene rings is 6. The molecular formula is C49H58N2. The third-order valence-electron chi connectivity index (χ3n) is 9.72. The highest BCUT2D eigenvalue weighted by molar-refractivity contribution is 5.78. The van der Waals surface area contributed by atoms with E-state index in [1.807, 2.05) is 32.0 Å². The number of para-hydroxylation sites is 2. The van der Waals surface area contributed by atoms with Crippen LogP contribution in [0, 0.1) is 6.92 Å². The third kappa shape index (κ3) is 10.5. The van der Waals surface area contributed by atoms with Crippen LogP contribution in [0.5, 0.6) is 0 Å². The molecule has 0 aromatic heterocycles. The van der Waals surface area contributed by atoms with E-state index in [2.05, 4.69) is 198 Å². The lowest BCUT2D eigenvalue weighted by Crippen LogP contribution is -2.19. The van der Waals surface area contributed by atoms with Gasteiger partial charge in [-0.15, -0.1) is 0 Å². The fourth-order valence-corrected chi connectivity index (χ4v) is 5.99. The first-order valence-corrected chi connectivity index (χ1v) is 18.6. The molecule has 0 atom stereocenters. The monoisotopic (exact) mass is 674 g/mol. The minimum absolute atomic E-state index is 0.129. The largest absolute Gasteiger partial charge is 0.356 e. The van der Waals surface area contributed by atoms with Gasteiger partial charge >= 0.3 is 0 Å². The Morgan fingerprint density at radius 1 is 0.451 bits per heavy atom. The summed E-state index contributed by atoms with van der Waals surface area (Å²) in [6.07, 6.45) is 2.43. The van der Waals surface area contributed by atoms with Gasteiger partial charge in [-0.3, -0.25) is 0 Å². The lowest BCUT2D eigenvalue weighted by Gasteiger charge is -2.27. The van der Waals surface area contributed by atoms with Crippen molar-refractivity contribution in [3.8, 4) is 11.1 Å². The Kier molecular flexibility index (Phi) is 13.8. The summed E-state index contributed by atoms with van der Waals surface area (Å²) in [7, 11) is 0. The quantitative estimate of drug-likeness (QED) is 0.164. The Morgan fingerprint density at radius 2 is 0.843 bits per heavy atom. The molecule has 2 heteroatoms. The van der Waals surface area contributed by atoms with Gasteiger partial charge in [0.05, 0.1) is 0 Å². The Bertz CT molecular complexity index is 1850. The summed E-state index contributed by atoms with van der Waals surface area (Å²) in [6.45, 7) is 19.8. The van der Waals surface area contributed by atoms with Crippen molar-refractivity contribution in [3.63, 3.8) is 0 Å². The second-order valence-electron chi connectivity index (χ2n) is 14.2. The minimum Gasteiger partial charge on any atom is -0.356 e. The molecule has 6 rings (SSSR count).